The van der Waals surface area contributed by atoms with E-state index in [-0.39, 0.29) is 5.02 Å². The Kier molecular flexibility index (Phi) is 2.84. The van der Waals surface area contributed by atoms with Gasteiger partial charge in [-0.2, -0.15) is 5.26 Å². The first kappa shape index (κ1) is 8.76. The first-order valence-electron chi connectivity index (χ1n) is 3.26. The molecule has 0 aliphatic rings. The predicted octanol–water partition coefficient (Wildman–Crippen LogP) is 3.02. The Morgan fingerprint density at radius 2 is 2.25 bits per heavy atom. The summed E-state index contributed by atoms with van der Waals surface area (Å²) in [4.78, 5) is 0. The van der Waals surface area contributed by atoms with Crippen molar-refractivity contribution >= 4 is 17.7 Å². The molecule has 1 rings (SSSR count). The van der Waals surface area contributed by atoms with Crippen LogP contribution in [0.3, 0.4) is 0 Å². The molecule has 1 aromatic carbocycles. The van der Waals surface area contributed by atoms with Crippen molar-refractivity contribution in [2.75, 3.05) is 0 Å². The summed E-state index contributed by atoms with van der Waals surface area (Å²) < 4.78 is 13.0. The zero-order valence-corrected chi connectivity index (χ0v) is 6.85. The second-order valence-electron chi connectivity index (χ2n) is 2.11. The van der Waals surface area contributed by atoms with E-state index in [4.69, 9.17) is 16.9 Å². The lowest BCUT2D eigenvalue weighted by atomic mass is 10.2. The molecular formula is C9H5ClFN. The third kappa shape index (κ3) is 1.84. The fourth-order valence-electron chi connectivity index (χ4n) is 0.776. The van der Waals surface area contributed by atoms with Crippen molar-refractivity contribution in [1.29, 1.82) is 5.26 Å². The third-order valence-electron chi connectivity index (χ3n) is 1.32. The van der Waals surface area contributed by atoms with Crippen molar-refractivity contribution in [3.05, 3.63) is 40.7 Å². The molecule has 0 saturated heterocycles. The molecule has 0 aliphatic carbocycles. The van der Waals surface area contributed by atoms with Crippen molar-refractivity contribution < 1.29 is 4.39 Å². The topological polar surface area (TPSA) is 23.8 Å². The second kappa shape index (κ2) is 3.89. The molecule has 0 saturated carbocycles. The highest BCUT2D eigenvalue weighted by Gasteiger charge is 2.01. The molecule has 0 amide bonds. The summed E-state index contributed by atoms with van der Waals surface area (Å²) in [6, 6.07) is 6.41. The van der Waals surface area contributed by atoms with E-state index in [1.807, 2.05) is 0 Å². The molecule has 0 N–H and O–H groups in total. The predicted molar refractivity (Wildman–Crippen MR) is 46.1 cm³/mol. The van der Waals surface area contributed by atoms with E-state index in [1.165, 1.54) is 18.2 Å². The van der Waals surface area contributed by atoms with Gasteiger partial charge in [0, 0.05) is 11.6 Å². The molecule has 0 atom stereocenters. The molecule has 1 nitrogen and oxygen atoms in total. The highest BCUT2D eigenvalue weighted by Crippen LogP contribution is 2.18. The quantitative estimate of drug-likeness (QED) is 0.611. The summed E-state index contributed by atoms with van der Waals surface area (Å²) in [5.41, 5.74) is 0.323. The Hall–Kier alpha value is -1.33. The minimum Gasteiger partial charge on any atom is -0.205 e. The third-order valence-corrected chi connectivity index (χ3v) is 1.61. The summed E-state index contributed by atoms with van der Waals surface area (Å²) >= 11 is 5.50. The highest BCUT2D eigenvalue weighted by atomic mass is 35.5. The van der Waals surface area contributed by atoms with Crippen LogP contribution in [0.25, 0.3) is 6.08 Å². The molecule has 0 radical (unpaired) electrons. The van der Waals surface area contributed by atoms with Crippen LogP contribution in [0.4, 0.5) is 4.39 Å². The minimum atomic E-state index is -0.495. The molecule has 0 heterocycles. The number of halogens is 2. The van der Waals surface area contributed by atoms with Crippen LogP contribution in [-0.4, -0.2) is 0 Å². The molecule has 0 bridgehead atoms. The normalized spacial score (nSPS) is 10.1. The fourth-order valence-corrected chi connectivity index (χ4v) is 0.958. The van der Waals surface area contributed by atoms with Gasteiger partial charge >= 0.3 is 0 Å². The van der Waals surface area contributed by atoms with E-state index in [2.05, 4.69) is 0 Å². The van der Waals surface area contributed by atoms with Crippen LogP contribution in [0.15, 0.2) is 24.3 Å². The Balaban J connectivity index is 3.10. The number of rotatable bonds is 1. The summed E-state index contributed by atoms with van der Waals surface area (Å²) in [6.45, 7) is 0. The molecule has 0 aliphatic heterocycles. The molecular weight excluding hydrogens is 177 g/mol. The molecule has 60 valence electrons. The van der Waals surface area contributed by atoms with E-state index in [1.54, 1.807) is 18.2 Å². The van der Waals surface area contributed by atoms with Crippen molar-refractivity contribution in [3.63, 3.8) is 0 Å². The first-order valence-corrected chi connectivity index (χ1v) is 3.63. The van der Waals surface area contributed by atoms with E-state index in [0.717, 1.165) is 0 Å². The van der Waals surface area contributed by atoms with Crippen molar-refractivity contribution in [2.24, 2.45) is 0 Å². The number of benzene rings is 1. The van der Waals surface area contributed by atoms with Crippen molar-refractivity contribution in [1.82, 2.24) is 0 Å². The maximum absolute atomic E-state index is 13.0. The molecule has 0 unspecified atom stereocenters. The Morgan fingerprint density at radius 3 is 2.92 bits per heavy atom. The summed E-state index contributed by atoms with van der Waals surface area (Å²) in [5.74, 6) is -0.495. The van der Waals surface area contributed by atoms with Gasteiger partial charge in [-0.15, -0.1) is 0 Å². The molecule has 12 heavy (non-hydrogen) atoms. The van der Waals surface area contributed by atoms with Crippen molar-refractivity contribution in [3.8, 4) is 6.07 Å². The maximum Gasteiger partial charge on any atom is 0.149 e. The zero-order chi connectivity index (χ0) is 8.97. The van der Waals surface area contributed by atoms with E-state index in [0.29, 0.717) is 5.56 Å². The summed E-state index contributed by atoms with van der Waals surface area (Å²) in [7, 11) is 0. The zero-order valence-electron chi connectivity index (χ0n) is 6.09. The van der Waals surface area contributed by atoms with Crippen LogP contribution in [0, 0.1) is 17.1 Å². The standard InChI is InChI=1S/C9H5ClFN/c10-8-5-1-3-7(9(8)11)4-2-6-12/h1-5H/b4-2+. The van der Waals surface area contributed by atoms with Crippen LogP contribution in [0.2, 0.25) is 5.02 Å². The molecule has 0 fully saturated rings. The highest BCUT2D eigenvalue weighted by molar-refractivity contribution is 6.30. The van der Waals surface area contributed by atoms with Gasteiger partial charge in [-0.3, -0.25) is 0 Å². The first-order chi connectivity index (χ1) is 5.75. The van der Waals surface area contributed by atoms with Crippen LogP contribution in [0.5, 0.6) is 0 Å². The van der Waals surface area contributed by atoms with Gasteiger partial charge in [0.1, 0.15) is 5.82 Å². The molecule has 0 spiro atoms. The van der Waals surface area contributed by atoms with Gasteiger partial charge in [0.15, 0.2) is 0 Å². The van der Waals surface area contributed by atoms with Crippen LogP contribution >= 0.6 is 11.6 Å². The Morgan fingerprint density at radius 1 is 1.50 bits per heavy atom. The number of hydrogen-bond donors (Lipinski definition) is 0. The van der Waals surface area contributed by atoms with Crippen LogP contribution < -0.4 is 0 Å². The van der Waals surface area contributed by atoms with Crippen molar-refractivity contribution in [2.45, 2.75) is 0 Å². The van der Waals surface area contributed by atoms with Gasteiger partial charge in [-0.1, -0.05) is 23.7 Å². The largest absolute Gasteiger partial charge is 0.205 e. The van der Waals surface area contributed by atoms with Gasteiger partial charge in [0.05, 0.1) is 11.1 Å². The lowest BCUT2D eigenvalue weighted by Gasteiger charge is -1.96. The number of nitriles is 1. The summed E-state index contributed by atoms with van der Waals surface area (Å²) in [6.07, 6.45) is 2.58. The minimum absolute atomic E-state index is 0.0649. The van der Waals surface area contributed by atoms with Gasteiger partial charge in [0.25, 0.3) is 0 Å². The van der Waals surface area contributed by atoms with E-state index < -0.39 is 5.82 Å². The fraction of sp³-hybridized carbons (Fsp3) is 0. The molecule has 1 aromatic rings. The lowest BCUT2D eigenvalue weighted by Crippen LogP contribution is -1.81. The van der Waals surface area contributed by atoms with Gasteiger partial charge in [0.2, 0.25) is 0 Å². The van der Waals surface area contributed by atoms with Gasteiger partial charge in [-0.25, -0.2) is 4.39 Å². The molecule has 3 heteroatoms. The Bertz CT molecular complexity index is 352. The number of hydrogen-bond acceptors (Lipinski definition) is 1. The summed E-state index contributed by atoms with van der Waals surface area (Å²) in [5, 5.41) is 8.26. The van der Waals surface area contributed by atoms with E-state index >= 15 is 0 Å². The number of nitrogens with zero attached hydrogens (tertiary/aromatic N) is 1. The van der Waals surface area contributed by atoms with E-state index in [9.17, 15) is 4.39 Å². The van der Waals surface area contributed by atoms with Crippen LogP contribution in [0.1, 0.15) is 5.56 Å². The smallest absolute Gasteiger partial charge is 0.149 e. The number of allylic oxidation sites excluding steroid dienone is 1. The Labute approximate surface area is 74.7 Å². The average Bonchev–Trinajstić information content (AvgIpc) is 2.08. The van der Waals surface area contributed by atoms with Crippen LogP contribution in [-0.2, 0) is 0 Å². The lowest BCUT2D eigenvalue weighted by molar-refractivity contribution is 0.625. The van der Waals surface area contributed by atoms with Gasteiger partial charge in [-0.05, 0) is 12.1 Å². The van der Waals surface area contributed by atoms with Gasteiger partial charge < -0.3 is 0 Å². The monoisotopic (exact) mass is 181 g/mol. The average molecular weight is 182 g/mol. The molecule has 0 aromatic heterocycles. The maximum atomic E-state index is 13.0. The second-order valence-corrected chi connectivity index (χ2v) is 2.51. The SMILES string of the molecule is N#C/C=C/c1cccc(Cl)c1F.